The predicted molar refractivity (Wildman–Crippen MR) is 77.3 cm³/mol. The van der Waals surface area contributed by atoms with E-state index in [1.807, 2.05) is 6.07 Å². The van der Waals surface area contributed by atoms with Crippen LogP contribution in [0.3, 0.4) is 0 Å². The van der Waals surface area contributed by atoms with Gasteiger partial charge in [-0.25, -0.2) is 4.98 Å². The van der Waals surface area contributed by atoms with E-state index in [1.165, 1.54) is 6.07 Å². The molecule has 1 atom stereocenters. The summed E-state index contributed by atoms with van der Waals surface area (Å²) in [5.41, 5.74) is 1.63. The Morgan fingerprint density at radius 1 is 1.50 bits per heavy atom. The van der Waals surface area contributed by atoms with Crippen LogP contribution >= 0.6 is 0 Å². The molecule has 0 fully saturated rings. The van der Waals surface area contributed by atoms with Gasteiger partial charge in [0.1, 0.15) is 5.82 Å². The third-order valence-electron chi connectivity index (χ3n) is 3.23. The summed E-state index contributed by atoms with van der Waals surface area (Å²) in [6.07, 6.45) is 2.76. The van der Waals surface area contributed by atoms with Crippen molar-refractivity contribution in [3.63, 3.8) is 0 Å². The van der Waals surface area contributed by atoms with Crippen molar-refractivity contribution in [3.8, 4) is 11.3 Å². The molecule has 2 aromatic rings. The molecule has 2 N–H and O–H groups in total. The van der Waals surface area contributed by atoms with Crippen LogP contribution in [0.5, 0.6) is 0 Å². The molecule has 2 rings (SSSR count). The van der Waals surface area contributed by atoms with E-state index in [1.54, 1.807) is 18.3 Å². The van der Waals surface area contributed by atoms with Crippen molar-refractivity contribution in [1.82, 2.24) is 15.3 Å². The molecule has 1 heterocycles. The molecule has 0 saturated heterocycles. The average molecular weight is 274 g/mol. The maximum atomic E-state index is 10.8. The third-order valence-corrected chi connectivity index (χ3v) is 3.23. The number of non-ortho nitro benzene ring substituents is 1. The summed E-state index contributed by atoms with van der Waals surface area (Å²) >= 11 is 0. The van der Waals surface area contributed by atoms with Gasteiger partial charge >= 0.3 is 0 Å². The van der Waals surface area contributed by atoms with Crippen LogP contribution in [-0.4, -0.2) is 20.9 Å². The van der Waals surface area contributed by atoms with E-state index < -0.39 is 4.92 Å². The Hall–Kier alpha value is -2.21. The van der Waals surface area contributed by atoms with E-state index in [-0.39, 0.29) is 5.69 Å². The second-order valence-corrected chi connectivity index (χ2v) is 4.74. The molecular weight excluding hydrogens is 256 g/mol. The van der Waals surface area contributed by atoms with Crippen molar-refractivity contribution in [2.45, 2.75) is 32.9 Å². The number of rotatable bonds is 6. The lowest BCUT2D eigenvalue weighted by molar-refractivity contribution is -0.384. The first-order valence-corrected chi connectivity index (χ1v) is 6.62. The van der Waals surface area contributed by atoms with Crippen LogP contribution in [0.2, 0.25) is 0 Å². The molecule has 6 nitrogen and oxygen atoms in total. The molecular formula is C14H18N4O2. The van der Waals surface area contributed by atoms with Crippen molar-refractivity contribution in [2.24, 2.45) is 0 Å². The first-order chi connectivity index (χ1) is 9.60. The van der Waals surface area contributed by atoms with Gasteiger partial charge in [-0.1, -0.05) is 19.1 Å². The van der Waals surface area contributed by atoms with E-state index in [0.29, 0.717) is 12.6 Å². The number of imidazole rings is 1. The number of benzene rings is 1. The molecule has 1 aromatic heterocycles. The van der Waals surface area contributed by atoms with Crippen molar-refractivity contribution in [2.75, 3.05) is 0 Å². The molecule has 0 aliphatic carbocycles. The zero-order valence-corrected chi connectivity index (χ0v) is 11.6. The van der Waals surface area contributed by atoms with Crippen LogP contribution in [0.25, 0.3) is 11.3 Å². The van der Waals surface area contributed by atoms with Gasteiger partial charge in [0.25, 0.3) is 5.69 Å². The van der Waals surface area contributed by atoms with Crippen molar-refractivity contribution in [1.29, 1.82) is 0 Å². The number of aromatic nitrogens is 2. The van der Waals surface area contributed by atoms with Gasteiger partial charge < -0.3 is 10.3 Å². The zero-order chi connectivity index (χ0) is 14.5. The third kappa shape index (κ3) is 3.42. The van der Waals surface area contributed by atoms with E-state index >= 15 is 0 Å². The molecule has 0 spiro atoms. The number of nitrogens with one attached hydrogen (secondary N) is 2. The Kier molecular flexibility index (Phi) is 4.47. The van der Waals surface area contributed by atoms with Gasteiger partial charge in [-0.2, -0.15) is 0 Å². The van der Waals surface area contributed by atoms with Crippen LogP contribution in [0.1, 0.15) is 26.1 Å². The Morgan fingerprint density at radius 2 is 2.30 bits per heavy atom. The highest BCUT2D eigenvalue weighted by Crippen LogP contribution is 2.22. The van der Waals surface area contributed by atoms with Gasteiger partial charge in [-0.05, 0) is 13.3 Å². The van der Waals surface area contributed by atoms with Gasteiger partial charge in [0, 0.05) is 23.7 Å². The van der Waals surface area contributed by atoms with E-state index in [9.17, 15) is 10.1 Å². The first-order valence-electron chi connectivity index (χ1n) is 6.62. The summed E-state index contributed by atoms with van der Waals surface area (Å²) < 4.78 is 0. The zero-order valence-electron chi connectivity index (χ0n) is 11.6. The topological polar surface area (TPSA) is 83.8 Å². The minimum Gasteiger partial charge on any atom is -0.341 e. The summed E-state index contributed by atoms with van der Waals surface area (Å²) in [4.78, 5) is 17.8. The first kappa shape index (κ1) is 14.2. The molecule has 1 unspecified atom stereocenters. The average Bonchev–Trinajstić information content (AvgIpc) is 2.93. The molecule has 0 amide bonds. The fourth-order valence-electron chi connectivity index (χ4n) is 1.80. The number of H-pyrrole nitrogens is 1. The fourth-order valence-corrected chi connectivity index (χ4v) is 1.80. The number of nitrogens with zero attached hydrogens (tertiary/aromatic N) is 2. The van der Waals surface area contributed by atoms with Crippen LogP contribution in [0.15, 0.2) is 30.5 Å². The summed E-state index contributed by atoms with van der Waals surface area (Å²) in [6.45, 7) is 4.89. The Morgan fingerprint density at radius 3 is 3.00 bits per heavy atom. The lowest BCUT2D eigenvalue weighted by Crippen LogP contribution is -2.24. The van der Waals surface area contributed by atoms with E-state index in [2.05, 4.69) is 29.1 Å². The summed E-state index contributed by atoms with van der Waals surface area (Å²) in [7, 11) is 0. The van der Waals surface area contributed by atoms with E-state index in [4.69, 9.17) is 0 Å². The molecule has 0 aliphatic rings. The SMILES string of the molecule is CCC(C)NCc1ncc(-c2cccc([N+](=O)[O-])c2)[nH]1. The molecule has 0 radical (unpaired) electrons. The standard InChI is InChI=1S/C14H18N4O2/c1-3-10(2)15-9-14-16-8-13(17-14)11-5-4-6-12(7-11)18(19)20/h4-8,10,15H,3,9H2,1-2H3,(H,16,17). The molecule has 1 aromatic carbocycles. The maximum Gasteiger partial charge on any atom is 0.270 e. The molecule has 6 heteroatoms. The van der Waals surface area contributed by atoms with Gasteiger partial charge in [-0.15, -0.1) is 0 Å². The van der Waals surface area contributed by atoms with Gasteiger partial charge in [0.2, 0.25) is 0 Å². The maximum absolute atomic E-state index is 10.8. The molecule has 106 valence electrons. The molecule has 0 saturated carbocycles. The minimum absolute atomic E-state index is 0.0800. The van der Waals surface area contributed by atoms with Gasteiger partial charge in [0.05, 0.1) is 23.4 Å². The fraction of sp³-hybridized carbons (Fsp3) is 0.357. The van der Waals surface area contributed by atoms with E-state index in [0.717, 1.165) is 23.5 Å². The van der Waals surface area contributed by atoms with Crippen molar-refractivity contribution < 1.29 is 4.92 Å². The Balaban J connectivity index is 2.12. The monoisotopic (exact) mass is 274 g/mol. The minimum atomic E-state index is -0.398. The van der Waals surface area contributed by atoms with Crippen LogP contribution in [-0.2, 0) is 6.54 Å². The number of aromatic amines is 1. The number of hydrogen-bond acceptors (Lipinski definition) is 4. The van der Waals surface area contributed by atoms with Crippen LogP contribution in [0, 0.1) is 10.1 Å². The Bertz CT molecular complexity index is 594. The highest BCUT2D eigenvalue weighted by molar-refractivity contribution is 5.61. The summed E-state index contributed by atoms with van der Waals surface area (Å²) in [5, 5.41) is 14.1. The predicted octanol–water partition coefficient (Wildman–Crippen LogP) is 2.87. The molecule has 20 heavy (non-hydrogen) atoms. The molecule has 0 aliphatic heterocycles. The second-order valence-electron chi connectivity index (χ2n) is 4.74. The smallest absolute Gasteiger partial charge is 0.270 e. The molecule has 0 bridgehead atoms. The van der Waals surface area contributed by atoms with Gasteiger partial charge in [0.15, 0.2) is 0 Å². The van der Waals surface area contributed by atoms with Crippen LogP contribution in [0.4, 0.5) is 5.69 Å². The quantitative estimate of drug-likeness (QED) is 0.626. The largest absolute Gasteiger partial charge is 0.341 e. The highest BCUT2D eigenvalue weighted by Gasteiger charge is 2.09. The lowest BCUT2D eigenvalue weighted by atomic mass is 10.1. The lowest BCUT2D eigenvalue weighted by Gasteiger charge is -2.08. The second kappa shape index (κ2) is 6.29. The number of nitro groups is 1. The van der Waals surface area contributed by atoms with Crippen molar-refractivity contribution in [3.05, 3.63) is 46.4 Å². The van der Waals surface area contributed by atoms with Crippen LogP contribution < -0.4 is 5.32 Å². The van der Waals surface area contributed by atoms with Gasteiger partial charge in [-0.3, -0.25) is 10.1 Å². The number of nitro benzene ring substituents is 1. The summed E-state index contributed by atoms with van der Waals surface area (Å²) in [5.74, 6) is 0.826. The highest BCUT2D eigenvalue weighted by atomic mass is 16.6. The number of hydrogen-bond donors (Lipinski definition) is 2. The normalized spacial score (nSPS) is 12.3. The van der Waals surface area contributed by atoms with Crippen molar-refractivity contribution >= 4 is 5.69 Å². The Labute approximate surface area is 117 Å². The summed E-state index contributed by atoms with van der Waals surface area (Å²) in [6, 6.07) is 6.95.